The Kier molecular flexibility index (Phi) is 3.16. The molecule has 4 heteroatoms. The second-order valence-corrected chi connectivity index (χ2v) is 6.61. The van der Waals surface area contributed by atoms with Gasteiger partial charge in [0.05, 0.1) is 11.7 Å². The van der Waals surface area contributed by atoms with Gasteiger partial charge in [-0.25, -0.2) is 0 Å². The molecule has 0 amide bonds. The summed E-state index contributed by atoms with van der Waals surface area (Å²) in [5.74, 6) is 1.83. The van der Waals surface area contributed by atoms with Crippen LogP contribution in [0, 0.1) is 0 Å². The van der Waals surface area contributed by atoms with Gasteiger partial charge in [0.1, 0.15) is 5.75 Å². The van der Waals surface area contributed by atoms with Crippen LogP contribution in [0.4, 0.5) is 5.69 Å². The van der Waals surface area contributed by atoms with E-state index in [2.05, 4.69) is 39.0 Å². The van der Waals surface area contributed by atoms with Crippen molar-refractivity contribution in [2.75, 3.05) is 11.4 Å². The van der Waals surface area contributed by atoms with Crippen LogP contribution in [0.5, 0.6) is 11.5 Å². The monoisotopic (exact) mass is 344 g/mol. The van der Waals surface area contributed by atoms with Crippen molar-refractivity contribution in [2.24, 2.45) is 5.73 Å². The number of rotatable bonds is 0. The molecule has 0 spiro atoms. The lowest BCUT2D eigenvalue weighted by Crippen LogP contribution is -2.45. The lowest BCUT2D eigenvalue weighted by Gasteiger charge is -2.40. The van der Waals surface area contributed by atoms with E-state index in [0.717, 1.165) is 41.0 Å². The molecule has 4 rings (SSSR count). The Balaban J connectivity index is 1.94. The highest BCUT2D eigenvalue weighted by Gasteiger charge is 2.36. The standard InChI is InChI=1S/C17H17BrN2O/c18-11-7-8-16-14(10-11)20-9-3-5-13(19)17(20)12-4-1-2-6-15(12)21-16/h1-2,4,6-8,10,13,17H,3,5,9,19H2/t13-,17+/m1/s1. The summed E-state index contributed by atoms with van der Waals surface area (Å²) in [4.78, 5) is 2.40. The molecular formula is C17H17BrN2O. The van der Waals surface area contributed by atoms with Crippen LogP contribution in [0.15, 0.2) is 46.9 Å². The number of para-hydroxylation sites is 1. The van der Waals surface area contributed by atoms with E-state index >= 15 is 0 Å². The summed E-state index contributed by atoms with van der Waals surface area (Å²) in [6.45, 7) is 1.01. The Morgan fingerprint density at radius 2 is 2.00 bits per heavy atom. The minimum absolute atomic E-state index is 0.133. The third kappa shape index (κ3) is 2.14. The van der Waals surface area contributed by atoms with E-state index in [1.54, 1.807) is 0 Å². The Bertz CT molecular complexity index is 688. The fraction of sp³-hybridized carbons (Fsp3) is 0.294. The van der Waals surface area contributed by atoms with Crippen LogP contribution in [0.3, 0.4) is 0 Å². The molecule has 1 saturated heterocycles. The number of benzene rings is 2. The number of nitrogens with two attached hydrogens (primary N) is 1. The van der Waals surface area contributed by atoms with E-state index in [1.807, 2.05) is 24.3 Å². The maximum absolute atomic E-state index is 6.46. The Morgan fingerprint density at radius 3 is 2.90 bits per heavy atom. The Morgan fingerprint density at radius 1 is 1.14 bits per heavy atom. The summed E-state index contributed by atoms with van der Waals surface area (Å²) >= 11 is 3.57. The topological polar surface area (TPSA) is 38.5 Å². The smallest absolute Gasteiger partial charge is 0.150 e. The molecule has 3 nitrogen and oxygen atoms in total. The van der Waals surface area contributed by atoms with Crippen molar-refractivity contribution in [3.05, 3.63) is 52.5 Å². The average Bonchev–Trinajstić information content (AvgIpc) is 2.63. The summed E-state index contributed by atoms with van der Waals surface area (Å²) in [5, 5.41) is 0. The molecule has 0 unspecified atom stereocenters. The molecule has 2 aromatic rings. The first-order valence-electron chi connectivity index (χ1n) is 7.32. The lowest BCUT2D eigenvalue weighted by atomic mass is 9.90. The van der Waals surface area contributed by atoms with Crippen LogP contribution in [0.2, 0.25) is 0 Å². The van der Waals surface area contributed by atoms with Crippen molar-refractivity contribution in [1.29, 1.82) is 0 Å². The number of anilines is 1. The number of hydrogen-bond acceptors (Lipinski definition) is 3. The van der Waals surface area contributed by atoms with E-state index in [1.165, 1.54) is 5.56 Å². The quantitative estimate of drug-likeness (QED) is 0.777. The van der Waals surface area contributed by atoms with E-state index in [9.17, 15) is 0 Å². The fourth-order valence-electron chi connectivity index (χ4n) is 3.43. The molecule has 21 heavy (non-hydrogen) atoms. The van der Waals surface area contributed by atoms with Crippen LogP contribution >= 0.6 is 15.9 Å². The second-order valence-electron chi connectivity index (χ2n) is 5.70. The molecule has 0 radical (unpaired) electrons. The van der Waals surface area contributed by atoms with Crippen molar-refractivity contribution >= 4 is 21.6 Å². The molecule has 0 bridgehead atoms. The van der Waals surface area contributed by atoms with Gasteiger partial charge in [0, 0.05) is 22.6 Å². The van der Waals surface area contributed by atoms with Gasteiger partial charge in [-0.05, 0) is 37.1 Å². The van der Waals surface area contributed by atoms with Crippen LogP contribution in [-0.4, -0.2) is 12.6 Å². The predicted octanol–water partition coefficient (Wildman–Crippen LogP) is 4.22. The molecule has 2 N–H and O–H groups in total. The van der Waals surface area contributed by atoms with E-state index in [-0.39, 0.29) is 12.1 Å². The van der Waals surface area contributed by atoms with Crippen molar-refractivity contribution in [3.63, 3.8) is 0 Å². The van der Waals surface area contributed by atoms with Gasteiger partial charge in [-0.2, -0.15) is 0 Å². The predicted molar refractivity (Wildman–Crippen MR) is 88.0 cm³/mol. The third-order valence-electron chi connectivity index (χ3n) is 4.37. The van der Waals surface area contributed by atoms with E-state index in [0.29, 0.717) is 0 Å². The van der Waals surface area contributed by atoms with Crippen molar-refractivity contribution in [2.45, 2.75) is 24.9 Å². The molecule has 2 atom stereocenters. The van der Waals surface area contributed by atoms with Gasteiger partial charge in [0.25, 0.3) is 0 Å². The molecule has 1 fully saturated rings. The van der Waals surface area contributed by atoms with Gasteiger partial charge in [0.15, 0.2) is 5.75 Å². The molecule has 2 aromatic carbocycles. The van der Waals surface area contributed by atoms with E-state index < -0.39 is 0 Å². The summed E-state index contributed by atoms with van der Waals surface area (Å²) in [7, 11) is 0. The molecular weight excluding hydrogens is 328 g/mol. The number of fused-ring (bicyclic) bond motifs is 5. The first kappa shape index (κ1) is 13.2. The molecule has 0 aliphatic carbocycles. The molecule has 2 heterocycles. The van der Waals surface area contributed by atoms with Gasteiger partial charge < -0.3 is 15.4 Å². The Labute approximate surface area is 132 Å². The highest BCUT2D eigenvalue weighted by atomic mass is 79.9. The van der Waals surface area contributed by atoms with Crippen molar-refractivity contribution in [3.8, 4) is 11.5 Å². The lowest BCUT2D eigenvalue weighted by molar-refractivity contribution is 0.408. The van der Waals surface area contributed by atoms with Crippen LogP contribution in [0.1, 0.15) is 24.4 Å². The SMILES string of the molecule is N[C@@H]1CCCN2c3cc(Br)ccc3Oc3ccccc3[C@@H]12. The molecule has 2 aliphatic heterocycles. The maximum atomic E-state index is 6.46. The maximum Gasteiger partial charge on any atom is 0.150 e. The molecule has 108 valence electrons. The number of hydrogen-bond donors (Lipinski definition) is 1. The normalized spacial score (nSPS) is 23.4. The summed E-state index contributed by atoms with van der Waals surface area (Å²) in [6, 6.07) is 14.7. The van der Waals surface area contributed by atoms with Crippen LogP contribution in [-0.2, 0) is 0 Å². The zero-order chi connectivity index (χ0) is 14.4. The number of nitrogens with zero attached hydrogens (tertiary/aromatic N) is 1. The minimum atomic E-state index is 0.133. The molecule has 2 aliphatic rings. The number of halogens is 1. The third-order valence-corrected chi connectivity index (χ3v) is 4.86. The van der Waals surface area contributed by atoms with Crippen LogP contribution in [0.25, 0.3) is 0 Å². The zero-order valence-electron chi connectivity index (χ0n) is 11.6. The first-order valence-corrected chi connectivity index (χ1v) is 8.12. The minimum Gasteiger partial charge on any atom is -0.455 e. The van der Waals surface area contributed by atoms with Crippen LogP contribution < -0.4 is 15.4 Å². The van der Waals surface area contributed by atoms with Gasteiger partial charge in [0.2, 0.25) is 0 Å². The fourth-order valence-corrected chi connectivity index (χ4v) is 3.78. The first-order chi connectivity index (χ1) is 10.2. The average molecular weight is 345 g/mol. The summed E-state index contributed by atoms with van der Waals surface area (Å²) in [5.41, 5.74) is 8.78. The van der Waals surface area contributed by atoms with E-state index in [4.69, 9.17) is 10.5 Å². The largest absolute Gasteiger partial charge is 0.455 e. The zero-order valence-corrected chi connectivity index (χ0v) is 13.2. The van der Waals surface area contributed by atoms with Crippen molar-refractivity contribution in [1.82, 2.24) is 0 Å². The summed E-state index contributed by atoms with van der Waals surface area (Å²) < 4.78 is 7.24. The molecule has 0 saturated carbocycles. The van der Waals surface area contributed by atoms with Crippen molar-refractivity contribution < 1.29 is 4.74 Å². The number of piperidine rings is 1. The number of ether oxygens (including phenoxy) is 1. The van der Waals surface area contributed by atoms with Gasteiger partial charge in [-0.1, -0.05) is 34.1 Å². The second kappa shape index (κ2) is 5.04. The Hall–Kier alpha value is -1.52. The highest BCUT2D eigenvalue weighted by Crippen LogP contribution is 2.47. The molecule has 0 aromatic heterocycles. The van der Waals surface area contributed by atoms with Gasteiger partial charge >= 0.3 is 0 Å². The van der Waals surface area contributed by atoms with Gasteiger partial charge in [-0.15, -0.1) is 0 Å². The highest BCUT2D eigenvalue weighted by molar-refractivity contribution is 9.10. The summed E-state index contributed by atoms with van der Waals surface area (Å²) in [6.07, 6.45) is 2.17. The van der Waals surface area contributed by atoms with Gasteiger partial charge in [-0.3, -0.25) is 0 Å².